The first-order chi connectivity index (χ1) is 7.33. The van der Waals surface area contributed by atoms with Gasteiger partial charge in [0.25, 0.3) is 0 Å². The van der Waals surface area contributed by atoms with Crippen LogP contribution in [-0.4, -0.2) is 75.8 Å². The molecule has 2 aliphatic heterocycles. The highest BCUT2D eigenvalue weighted by molar-refractivity contribution is 4.66. The first-order valence-corrected chi connectivity index (χ1v) is 6.15. The van der Waals surface area contributed by atoms with E-state index in [0.29, 0.717) is 0 Å². The van der Waals surface area contributed by atoms with Crippen LogP contribution in [0.2, 0.25) is 0 Å². The Kier molecular flexibility index (Phi) is 6.92. The van der Waals surface area contributed by atoms with Crippen LogP contribution in [0.3, 0.4) is 0 Å². The number of rotatable bonds is 1. The van der Waals surface area contributed by atoms with Gasteiger partial charge in [0.1, 0.15) is 0 Å². The summed E-state index contributed by atoms with van der Waals surface area (Å²) in [4.78, 5) is 4.87. The van der Waals surface area contributed by atoms with Crippen LogP contribution in [0.15, 0.2) is 0 Å². The van der Waals surface area contributed by atoms with Crippen LogP contribution in [0.4, 0.5) is 0 Å². The molecule has 0 spiro atoms. The molecule has 2 heterocycles. The summed E-state index contributed by atoms with van der Waals surface area (Å²) in [6.45, 7) is 13.0. The van der Waals surface area contributed by atoms with Crippen LogP contribution in [-0.2, 0) is 0 Å². The van der Waals surface area contributed by atoms with E-state index in [0.717, 1.165) is 26.2 Å². The highest BCUT2D eigenvalue weighted by Crippen LogP contribution is 1.96. The quantitative estimate of drug-likeness (QED) is 0.612. The van der Waals surface area contributed by atoms with Gasteiger partial charge in [0.2, 0.25) is 0 Å². The van der Waals surface area contributed by atoms with E-state index in [1.807, 2.05) is 0 Å². The lowest BCUT2D eigenvalue weighted by atomic mass is 10.3. The highest BCUT2D eigenvalue weighted by Gasteiger charge is 2.10. The Morgan fingerprint density at radius 2 is 1.33 bits per heavy atom. The van der Waals surface area contributed by atoms with Crippen LogP contribution in [0.25, 0.3) is 0 Å². The summed E-state index contributed by atoms with van der Waals surface area (Å²) in [6, 6.07) is 0. The lowest BCUT2D eigenvalue weighted by Crippen LogP contribution is -2.44. The summed E-state index contributed by atoms with van der Waals surface area (Å²) in [7, 11) is 2.19. The topological polar surface area (TPSA) is 30.5 Å². The zero-order chi connectivity index (χ0) is 10.9. The van der Waals surface area contributed by atoms with Crippen molar-refractivity contribution in [2.24, 2.45) is 0 Å². The summed E-state index contributed by atoms with van der Waals surface area (Å²) < 4.78 is 0. The van der Waals surface area contributed by atoms with Gasteiger partial charge in [-0.15, -0.1) is 0 Å². The van der Waals surface area contributed by atoms with E-state index in [9.17, 15) is 0 Å². The van der Waals surface area contributed by atoms with E-state index in [2.05, 4.69) is 34.4 Å². The molecular formula is C11H26N4. The molecule has 2 fully saturated rings. The summed E-state index contributed by atoms with van der Waals surface area (Å²) >= 11 is 0. The van der Waals surface area contributed by atoms with E-state index >= 15 is 0 Å². The van der Waals surface area contributed by atoms with Crippen LogP contribution in [0.5, 0.6) is 0 Å². The molecule has 0 bridgehead atoms. The first-order valence-electron chi connectivity index (χ1n) is 6.15. The number of piperazine rings is 2. The lowest BCUT2D eigenvalue weighted by molar-refractivity contribution is 0.160. The number of nitrogens with one attached hydrogen (secondary N) is 2. The molecule has 0 amide bonds. The van der Waals surface area contributed by atoms with E-state index < -0.39 is 0 Å². The minimum absolute atomic E-state index is 1.14. The fraction of sp³-hybridized carbons (Fsp3) is 1.00. The van der Waals surface area contributed by atoms with Gasteiger partial charge in [-0.3, -0.25) is 0 Å². The molecule has 90 valence electrons. The molecule has 0 aromatic carbocycles. The number of hydrogen-bond donors (Lipinski definition) is 2. The smallest absolute Gasteiger partial charge is 0.0110 e. The second kappa shape index (κ2) is 8.05. The van der Waals surface area contributed by atoms with Crippen LogP contribution in [0.1, 0.15) is 6.92 Å². The van der Waals surface area contributed by atoms with Crippen molar-refractivity contribution in [3.63, 3.8) is 0 Å². The van der Waals surface area contributed by atoms with Crippen molar-refractivity contribution >= 4 is 0 Å². The maximum Gasteiger partial charge on any atom is 0.0110 e. The summed E-state index contributed by atoms with van der Waals surface area (Å²) in [6.07, 6.45) is 0. The Labute approximate surface area is 94.0 Å². The van der Waals surface area contributed by atoms with Crippen LogP contribution < -0.4 is 10.6 Å². The average Bonchev–Trinajstić information content (AvgIpc) is 2.33. The van der Waals surface area contributed by atoms with Gasteiger partial charge >= 0.3 is 0 Å². The van der Waals surface area contributed by atoms with Gasteiger partial charge in [-0.2, -0.15) is 0 Å². The Morgan fingerprint density at radius 3 is 1.67 bits per heavy atom. The minimum Gasteiger partial charge on any atom is -0.314 e. The predicted octanol–water partition coefficient (Wildman–Crippen LogP) is -0.567. The SMILES string of the molecule is C1CNCCN1.CCN1CCN(C)CC1. The molecule has 2 N–H and O–H groups in total. The van der Waals surface area contributed by atoms with E-state index in [1.54, 1.807) is 0 Å². The molecule has 2 saturated heterocycles. The standard InChI is InChI=1S/C7H16N2.C4H10N2/c1-3-9-6-4-8(2)5-7-9;1-2-6-4-3-5-1/h3-7H2,1-2H3;5-6H,1-4H2. The molecule has 0 aromatic heterocycles. The van der Waals surface area contributed by atoms with Gasteiger partial charge in [0.15, 0.2) is 0 Å². The number of likely N-dealkylation sites (N-methyl/N-ethyl adjacent to an activating group) is 2. The molecule has 0 unspecified atom stereocenters. The molecular weight excluding hydrogens is 188 g/mol. The third-order valence-corrected chi connectivity index (χ3v) is 3.00. The second-order valence-electron chi connectivity index (χ2n) is 4.24. The number of nitrogens with zero attached hydrogens (tertiary/aromatic N) is 2. The lowest BCUT2D eigenvalue weighted by Gasteiger charge is -2.31. The first kappa shape index (κ1) is 12.9. The summed E-state index contributed by atoms with van der Waals surface area (Å²) in [5.41, 5.74) is 0. The molecule has 2 aliphatic rings. The minimum atomic E-state index is 1.14. The molecule has 4 heteroatoms. The maximum atomic E-state index is 3.22. The van der Waals surface area contributed by atoms with Gasteiger partial charge in [-0.1, -0.05) is 6.92 Å². The molecule has 4 nitrogen and oxygen atoms in total. The van der Waals surface area contributed by atoms with Crippen molar-refractivity contribution in [3.05, 3.63) is 0 Å². The third-order valence-electron chi connectivity index (χ3n) is 3.00. The average molecular weight is 214 g/mol. The van der Waals surface area contributed by atoms with Gasteiger partial charge in [-0.05, 0) is 13.6 Å². The van der Waals surface area contributed by atoms with Gasteiger partial charge in [0.05, 0.1) is 0 Å². The Balaban J connectivity index is 0.000000162. The Morgan fingerprint density at radius 1 is 0.867 bits per heavy atom. The zero-order valence-corrected chi connectivity index (χ0v) is 10.3. The zero-order valence-electron chi connectivity index (χ0n) is 10.3. The van der Waals surface area contributed by atoms with Crippen molar-refractivity contribution < 1.29 is 0 Å². The largest absolute Gasteiger partial charge is 0.314 e. The fourth-order valence-electron chi connectivity index (χ4n) is 1.77. The van der Waals surface area contributed by atoms with E-state index in [1.165, 1.54) is 32.7 Å². The van der Waals surface area contributed by atoms with Crippen molar-refractivity contribution in [1.29, 1.82) is 0 Å². The Hall–Kier alpha value is -0.160. The summed E-state index contributed by atoms with van der Waals surface area (Å²) in [5, 5.41) is 6.44. The van der Waals surface area contributed by atoms with Crippen molar-refractivity contribution in [1.82, 2.24) is 20.4 Å². The van der Waals surface area contributed by atoms with Gasteiger partial charge < -0.3 is 20.4 Å². The molecule has 0 atom stereocenters. The normalized spacial score (nSPS) is 24.4. The van der Waals surface area contributed by atoms with Crippen molar-refractivity contribution in [2.75, 3.05) is 66.0 Å². The van der Waals surface area contributed by atoms with E-state index in [-0.39, 0.29) is 0 Å². The molecule has 0 aromatic rings. The molecule has 15 heavy (non-hydrogen) atoms. The molecule has 0 saturated carbocycles. The van der Waals surface area contributed by atoms with E-state index in [4.69, 9.17) is 0 Å². The van der Waals surface area contributed by atoms with Crippen LogP contribution in [0, 0.1) is 0 Å². The molecule has 0 aliphatic carbocycles. The van der Waals surface area contributed by atoms with Crippen molar-refractivity contribution in [2.45, 2.75) is 6.92 Å². The van der Waals surface area contributed by atoms with Gasteiger partial charge in [0, 0.05) is 52.4 Å². The highest BCUT2D eigenvalue weighted by atomic mass is 15.2. The second-order valence-corrected chi connectivity index (χ2v) is 4.24. The molecule has 0 radical (unpaired) electrons. The monoisotopic (exact) mass is 214 g/mol. The third kappa shape index (κ3) is 6.10. The molecule has 2 rings (SSSR count). The summed E-state index contributed by atoms with van der Waals surface area (Å²) in [5.74, 6) is 0. The van der Waals surface area contributed by atoms with Gasteiger partial charge in [-0.25, -0.2) is 0 Å². The fourth-order valence-corrected chi connectivity index (χ4v) is 1.77. The predicted molar refractivity (Wildman–Crippen MR) is 65.4 cm³/mol. The Bertz CT molecular complexity index is 128. The van der Waals surface area contributed by atoms with Crippen molar-refractivity contribution in [3.8, 4) is 0 Å². The van der Waals surface area contributed by atoms with Crippen LogP contribution >= 0.6 is 0 Å². The number of hydrogen-bond acceptors (Lipinski definition) is 4. The maximum absolute atomic E-state index is 3.22.